The Morgan fingerprint density at radius 3 is 3.00 bits per heavy atom. The lowest BCUT2D eigenvalue weighted by atomic mass is 10.2. The molecule has 0 aliphatic heterocycles. The third kappa shape index (κ3) is 2.68. The lowest BCUT2D eigenvalue weighted by molar-refractivity contribution is 0.167. The van der Waals surface area contributed by atoms with Gasteiger partial charge in [-0.15, -0.1) is 0 Å². The largest absolute Gasteiger partial charge is 0.469 e. The second-order valence-electron chi connectivity index (χ2n) is 2.72. The molecule has 0 radical (unpaired) electrons. The van der Waals surface area contributed by atoms with E-state index < -0.39 is 0 Å². The molecule has 1 unspecified atom stereocenters. The summed E-state index contributed by atoms with van der Waals surface area (Å²) in [5, 5.41) is 3.16. The van der Waals surface area contributed by atoms with Crippen LogP contribution in [0.25, 0.3) is 0 Å². The summed E-state index contributed by atoms with van der Waals surface area (Å²) >= 11 is 0. The summed E-state index contributed by atoms with van der Waals surface area (Å²) in [6.45, 7) is 0.706. The molecule has 1 aromatic heterocycles. The van der Waals surface area contributed by atoms with E-state index in [2.05, 4.69) is 5.32 Å². The molecule has 68 valence electrons. The van der Waals surface area contributed by atoms with Gasteiger partial charge in [0.15, 0.2) is 0 Å². The highest BCUT2D eigenvalue weighted by Gasteiger charge is 2.07. The van der Waals surface area contributed by atoms with Crippen molar-refractivity contribution in [2.24, 2.45) is 0 Å². The lowest BCUT2D eigenvalue weighted by Gasteiger charge is -2.12. The molecule has 1 heterocycles. The van der Waals surface area contributed by atoms with Gasteiger partial charge in [0.2, 0.25) is 0 Å². The molecule has 0 saturated heterocycles. The molecule has 3 nitrogen and oxygen atoms in total. The zero-order valence-electron chi connectivity index (χ0n) is 7.54. The highest BCUT2D eigenvalue weighted by Crippen LogP contribution is 2.03. The Labute approximate surface area is 72.7 Å². The van der Waals surface area contributed by atoms with E-state index in [1.54, 1.807) is 13.4 Å². The minimum Gasteiger partial charge on any atom is -0.469 e. The molecule has 1 aromatic rings. The molecule has 3 heteroatoms. The Kier molecular flexibility index (Phi) is 3.84. The molecule has 1 atom stereocenters. The van der Waals surface area contributed by atoms with Gasteiger partial charge in [0, 0.05) is 19.6 Å². The molecular formula is C9H15NO2. The van der Waals surface area contributed by atoms with Crippen LogP contribution in [0.3, 0.4) is 0 Å². The molecule has 0 aliphatic rings. The van der Waals surface area contributed by atoms with Crippen LogP contribution in [0.2, 0.25) is 0 Å². The number of hydrogen-bond donors (Lipinski definition) is 1. The van der Waals surface area contributed by atoms with Crippen LogP contribution in [-0.4, -0.2) is 26.8 Å². The van der Waals surface area contributed by atoms with Crippen LogP contribution in [0.1, 0.15) is 5.76 Å². The van der Waals surface area contributed by atoms with Crippen molar-refractivity contribution in [3.05, 3.63) is 24.2 Å². The van der Waals surface area contributed by atoms with E-state index in [1.165, 1.54) is 0 Å². The number of rotatable bonds is 5. The van der Waals surface area contributed by atoms with Crippen LogP contribution in [0.4, 0.5) is 0 Å². The van der Waals surface area contributed by atoms with Crippen molar-refractivity contribution in [1.82, 2.24) is 5.32 Å². The normalized spacial score (nSPS) is 13.2. The van der Waals surface area contributed by atoms with Crippen LogP contribution in [0, 0.1) is 0 Å². The average Bonchev–Trinajstić information content (AvgIpc) is 2.56. The molecule has 1 N–H and O–H groups in total. The van der Waals surface area contributed by atoms with Crippen molar-refractivity contribution in [2.45, 2.75) is 12.5 Å². The standard InChI is InChI=1S/C9H15NO2/c1-10-8(7-11-2)6-9-4-3-5-12-9/h3-5,8,10H,6-7H2,1-2H3. The van der Waals surface area contributed by atoms with Gasteiger partial charge in [-0.2, -0.15) is 0 Å². The SMILES string of the molecule is CNC(COC)Cc1ccco1. The summed E-state index contributed by atoms with van der Waals surface area (Å²) in [4.78, 5) is 0. The van der Waals surface area contributed by atoms with Crippen LogP contribution < -0.4 is 5.32 Å². The third-order valence-electron chi connectivity index (χ3n) is 1.80. The van der Waals surface area contributed by atoms with E-state index in [0.29, 0.717) is 12.6 Å². The van der Waals surface area contributed by atoms with Gasteiger partial charge in [-0.1, -0.05) is 0 Å². The molecule has 0 amide bonds. The second-order valence-corrected chi connectivity index (χ2v) is 2.72. The number of methoxy groups -OCH3 is 1. The van der Waals surface area contributed by atoms with Crippen molar-refractivity contribution in [2.75, 3.05) is 20.8 Å². The van der Waals surface area contributed by atoms with Gasteiger partial charge >= 0.3 is 0 Å². The topological polar surface area (TPSA) is 34.4 Å². The summed E-state index contributed by atoms with van der Waals surface area (Å²) in [5.41, 5.74) is 0. The van der Waals surface area contributed by atoms with Crippen molar-refractivity contribution < 1.29 is 9.15 Å². The van der Waals surface area contributed by atoms with Crippen LogP contribution >= 0.6 is 0 Å². The highest BCUT2D eigenvalue weighted by molar-refractivity contribution is 5.00. The number of ether oxygens (including phenoxy) is 1. The van der Waals surface area contributed by atoms with Crippen molar-refractivity contribution in [3.63, 3.8) is 0 Å². The van der Waals surface area contributed by atoms with Gasteiger partial charge in [0.1, 0.15) is 5.76 Å². The van der Waals surface area contributed by atoms with Gasteiger partial charge in [0.25, 0.3) is 0 Å². The van der Waals surface area contributed by atoms with E-state index >= 15 is 0 Å². The fourth-order valence-corrected chi connectivity index (χ4v) is 1.12. The first-order valence-electron chi connectivity index (χ1n) is 4.05. The summed E-state index contributed by atoms with van der Waals surface area (Å²) < 4.78 is 10.3. The quantitative estimate of drug-likeness (QED) is 0.715. The van der Waals surface area contributed by atoms with Gasteiger partial charge in [0.05, 0.1) is 12.9 Å². The minimum atomic E-state index is 0.334. The molecular weight excluding hydrogens is 154 g/mol. The van der Waals surface area contributed by atoms with Gasteiger partial charge < -0.3 is 14.5 Å². The Morgan fingerprint density at radius 2 is 2.50 bits per heavy atom. The molecule has 12 heavy (non-hydrogen) atoms. The monoisotopic (exact) mass is 169 g/mol. The zero-order valence-corrected chi connectivity index (χ0v) is 7.54. The average molecular weight is 169 g/mol. The van der Waals surface area contributed by atoms with E-state index in [4.69, 9.17) is 9.15 Å². The Bertz CT molecular complexity index is 196. The molecule has 1 rings (SSSR count). The van der Waals surface area contributed by atoms with E-state index in [1.807, 2.05) is 19.2 Å². The second kappa shape index (κ2) is 4.95. The Hall–Kier alpha value is -0.800. The van der Waals surface area contributed by atoms with E-state index in [9.17, 15) is 0 Å². The van der Waals surface area contributed by atoms with E-state index in [-0.39, 0.29) is 0 Å². The summed E-state index contributed by atoms with van der Waals surface area (Å²) in [6, 6.07) is 4.20. The number of furan rings is 1. The fourth-order valence-electron chi connectivity index (χ4n) is 1.12. The maximum Gasteiger partial charge on any atom is 0.105 e. The first-order valence-corrected chi connectivity index (χ1v) is 4.05. The number of likely N-dealkylation sites (N-methyl/N-ethyl adjacent to an activating group) is 1. The minimum absolute atomic E-state index is 0.334. The number of nitrogens with one attached hydrogen (secondary N) is 1. The Balaban J connectivity index is 2.37. The maximum atomic E-state index is 5.22. The zero-order chi connectivity index (χ0) is 8.81. The molecule has 0 aromatic carbocycles. The smallest absolute Gasteiger partial charge is 0.105 e. The predicted octanol–water partition coefficient (Wildman–Crippen LogP) is 1.06. The highest BCUT2D eigenvalue weighted by atomic mass is 16.5. The molecule has 0 spiro atoms. The summed E-state index contributed by atoms with van der Waals surface area (Å²) in [7, 11) is 3.62. The van der Waals surface area contributed by atoms with Gasteiger partial charge in [-0.25, -0.2) is 0 Å². The van der Waals surface area contributed by atoms with Crippen molar-refractivity contribution in [3.8, 4) is 0 Å². The first-order chi connectivity index (χ1) is 5.86. The fraction of sp³-hybridized carbons (Fsp3) is 0.556. The van der Waals surface area contributed by atoms with Gasteiger partial charge in [-0.3, -0.25) is 0 Å². The molecule has 0 fully saturated rings. The Morgan fingerprint density at radius 1 is 1.67 bits per heavy atom. The summed E-state index contributed by atoms with van der Waals surface area (Å²) in [6.07, 6.45) is 2.56. The van der Waals surface area contributed by atoms with Crippen LogP contribution in [-0.2, 0) is 11.2 Å². The maximum absolute atomic E-state index is 5.22. The molecule has 0 bridgehead atoms. The van der Waals surface area contributed by atoms with E-state index in [0.717, 1.165) is 12.2 Å². The lowest BCUT2D eigenvalue weighted by Crippen LogP contribution is -2.31. The summed E-state index contributed by atoms with van der Waals surface area (Å²) in [5.74, 6) is 0.992. The van der Waals surface area contributed by atoms with Crippen molar-refractivity contribution >= 4 is 0 Å². The van der Waals surface area contributed by atoms with Crippen LogP contribution in [0.15, 0.2) is 22.8 Å². The predicted molar refractivity (Wildman–Crippen MR) is 47.1 cm³/mol. The van der Waals surface area contributed by atoms with Gasteiger partial charge in [-0.05, 0) is 19.2 Å². The molecule has 0 saturated carbocycles. The molecule has 0 aliphatic carbocycles. The first kappa shape index (κ1) is 9.29. The van der Waals surface area contributed by atoms with Crippen molar-refractivity contribution in [1.29, 1.82) is 0 Å². The number of hydrogen-bond acceptors (Lipinski definition) is 3. The van der Waals surface area contributed by atoms with Crippen LogP contribution in [0.5, 0.6) is 0 Å². The third-order valence-corrected chi connectivity index (χ3v) is 1.80.